The number of ether oxygens (including phenoxy) is 1. The van der Waals surface area contributed by atoms with E-state index in [1.807, 2.05) is 37.3 Å². The zero-order chi connectivity index (χ0) is 14.2. The van der Waals surface area contributed by atoms with Crippen molar-refractivity contribution in [1.82, 2.24) is 4.90 Å². The summed E-state index contributed by atoms with van der Waals surface area (Å²) >= 11 is 0. The largest absolute Gasteiger partial charge is 0.445 e. The van der Waals surface area contributed by atoms with Crippen LogP contribution in [0.2, 0.25) is 0 Å². The molecule has 4 heteroatoms. The van der Waals surface area contributed by atoms with E-state index in [0.29, 0.717) is 19.1 Å². The molecule has 20 heavy (non-hydrogen) atoms. The SMILES string of the molecule is CC(O)C12CCN(C(=O)OCc3ccccc3)CC1C2. The van der Waals surface area contributed by atoms with Crippen molar-refractivity contribution >= 4 is 6.09 Å². The zero-order valence-electron chi connectivity index (χ0n) is 11.8. The van der Waals surface area contributed by atoms with Crippen molar-refractivity contribution in [2.24, 2.45) is 11.3 Å². The molecule has 1 heterocycles. The molecule has 1 aromatic rings. The number of amides is 1. The molecular weight excluding hydrogens is 254 g/mol. The second kappa shape index (κ2) is 5.09. The van der Waals surface area contributed by atoms with Crippen LogP contribution in [0.25, 0.3) is 0 Å². The highest BCUT2D eigenvalue weighted by molar-refractivity contribution is 5.68. The number of aliphatic hydroxyl groups excluding tert-OH is 1. The van der Waals surface area contributed by atoms with Crippen LogP contribution in [0, 0.1) is 11.3 Å². The summed E-state index contributed by atoms with van der Waals surface area (Å²) in [4.78, 5) is 13.8. The second-order valence-corrected chi connectivity index (χ2v) is 6.05. The number of carbonyl (C=O) groups is 1. The number of nitrogens with zero attached hydrogens (tertiary/aromatic N) is 1. The summed E-state index contributed by atoms with van der Waals surface area (Å²) in [6.07, 6.45) is 1.41. The predicted octanol–water partition coefficient (Wildman–Crippen LogP) is 2.42. The van der Waals surface area contributed by atoms with Gasteiger partial charge in [0, 0.05) is 18.5 Å². The first-order valence-electron chi connectivity index (χ1n) is 7.25. The summed E-state index contributed by atoms with van der Waals surface area (Å²) < 4.78 is 5.35. The molecule has 0 spiro atoms. The molecule has 2 fully saturated rings. The van der Waals surface area contributed by atoms with E-state index < -0.39 is 0 Å². The van der Waals surface area contributed by atoms with Crippen LogP contribution in [0.3, 0.4) is 0 Å². The third-order valence-corrected chi connectivity index (χ3v) is 4.86. The first-order chi connectivity index (χ1) is 9.62. The number of likely N-dealkylation sites (tertiary alicyclic amines) is 1. The Hall–Kier alpha value is -1.55. The minimum atomic E-state index is -0.269. The van der Waals surface area contributed by atoms with Gasteiger partial charge in [-0.25, -0.2) is 4.79 Å². The van der Waals surface area contributed by atoms with Crippen molar-refractivity contribution in [1.29, 1.82) is 0 Å². The van der Waals surface area contributed by atoms with Crippen molar-refractivity contribution in [3.8, 4) is 0 Å². The molecule has 1 saturated heterocycles. The molecule has 108 valence electrons. The smallest absolute Gasteiger partial charge is 0.410 e. The summed E-state index contributed by atoms with van der Waals surface area (Å²) in [6.45, 7) is 3.60. The van der Waals surface area contributed by atoms with Gasteiger partial charge in [0.1, 0.15) is 6.61 Å². The Bertz CT molecular complexity index is 488. The molecule has 3 unspecified atom stereocenters. The van der Waals surface area contributed by atoms with E-state index in [0.717, 1.165) is 24.9 Å². The van der Waals surface area contributed by atoms with Crippen molar-refractivity contribution in [2.75, 3.05) is 13.1 Å². The fourth-order valence-corrected chi connectivity index (χ4v) is 3.35. The standard InChI is InChI=1S/C16H21NO3/c1-12(18)16-7-8-17(10-14(16)9-16)15(19)20-11-13-5-3-2-4-6-13/h2-6,12,14,18H,7-11H2,1H3. The Kier molecular flexibility index (Phi) is 3.42. The first kappa shape index (κ1) is 13.4. The summed E-state index contributed by atoms with van der Waals surface area (Å²) in [7, 11) is 0. The van der Waals surface area contributed by atoms with E-state index in [9.17, 15) is 9.90 Å². The number of carbonyl (C=O) groups excluding carboxylic acids is 1. The van der Waals surface area contributed by atoms with Gasteiger partial charge in [-0.15, -0.1) is 0 Å². The Morgan fingerprint density at radius 3 is 2.90 bits per heavy atom. The monoisotopic (exact) mass is 275 g/mol. The number of fused-ring (bicyclic) bond motifs is 1. The lowest BCUT2D eigenvalue weighted by molar-refractivity contribution is 0.0441. The molecule has 3 atom stereocenters. The first-order valence-corrected chi connectivity index (χ1v) is 7.25. The molecule has 1 aliphatic carbocycles. The molecule has 4 nitrogen and oxygen atoms in total. The zero-order valence-corrected chi connectivity index (χ0v) is 11.8. The van der Waals surface area contributed by atoms with Crippen molar-refractivity contribution in [3.05, 3.63) is 35.9 Å². The molecular formula is C16H21NO3. The van der Waals surface area contributed by atoms with Crippen LogP contribution < -0.4 is 0 Å². The van der Waals surface area contributed by atoms with Crippen molar-refractivity contribution < 1.29 is 14.6 Å². The van der Waals surface area contributed by atoms with Crippen LogP contribution in [0.4, 0.5) is 4.79 Å². The fraction of sp³-hybridized carbons (Fsp3) is 0.562. The molecule has 1 aromatic carbocycles. The average molecular weight is 275 g/mol. The van der Waals surface area contributed by atoms with Gasteiger partial charge in [0.2, 0.25) is 0 Å². The van der Waals surface area contributed by atoms with Gasteiger partial charge in [0.05, 0.1) is 6.10 Å². The van der Waals surface area contributed by atoms with E-state index in [-0.39, 0.29) is 17.6 Å². The molecule has 0 bridgehead atoms. The summed E-state index contributed by atoms with van der Waals surface area (Å²) in [5, 5.41) is 9.82. The quantitative estimate of drug-likeness (QED) is 0.921. The van der Waals surface area contributed by atoms with Gasteiger partial charge in [-0.1, -0.05) is 30.3 Å². The molecule has 0 aromatic heterocycles. The maximum atomic E-state index is 12.1. The number of benzene rings is 1. The lowest BCUT2D eigenvalue weighted by Gasteiger charge is -2.32. The third kappa shape index (κ3) is 2.40. The van der Waals surface area contributed by atoms with E-state index in [2.05, 4.69) is 0 Å². The van der Waals surface area contributed by atoms with Gasteiger partial charge < -0.3 is 14.7 Å². The third-order valence-electron chi connectivity index (χ3n) is 4.86. The molecule has 1 amide bonds. The van der Waals surface area contributed by atoms with Gasteiger partial charge >= 0.3 is 6.09 Å². The highest BCUT2D eigenvalue weighted by Gasteiger charge is 2.59. The molecule has 2 aliphatic rings. The van der Waals surface area contributed by atoms with Gasteiger partial charge in [0.25, 0.3) is 0 Å². The van der Waals surface area contributed by atoms with Crippen LogP contribution in [0.15, 0.2) is 30.3 Å². The van der Waals surface area contributed by atoms with Crippen LogP contribution in [-0.2, 0) is 11.3 Å². The number of piperidine rings is 1. The molecule has 3 rings (SSSR count). The number of aliphatic hydroxyl groups is 1. The highest BCUT2D eigenvalue weighted by atomic mass is 16.6. The van der Waals surface area contributed by atoms with Crippen molar-refractivity contribution in [2.45, 2.75) is 32.5 Å². The molecule has 1 aliphatic heterocycles. The predicted molar refractivity (Wildman–Crippen MR) is 75.0 cm³/mol. The van der Waals surface area contributed by atoms with E-state index in [1.165, 1.54) is 0 Å². The summed E-state index contributed by atoms with van der Waals surface area (Å²) in [6, 6.07) is 9.71. The van der Waals surface area contributed by atoms with Crippen LogP contribution in [-0.4, -0.2) is 35.3 Å². The minimum Gasteiger partial charge on any atom is -0.445 e. The van der Waals surface area contributed by atoms with Crippen LogP contribution in [0.5, 0.6) is 0 Å². The lowest BCUT2D eigenvalue weighted by atomic mass is 9.90. The number of rotatable bonds is 3. The van der Waals surface area contributed by atoms with Gasteiger partial charge in [-0.2, -0.15) is 0 Å². The lowest BCUT2D eigenvalue weighted by Crippen LogP contribution is -2.42. The fourth-order valence-electron chi connectivity index (χ4n) is 3.35. The van der Waals surface area contributed by atoms with E-state index in [1.54, 1.807) is 4.90 Å². The average Bonchev–Trinajstić information content (AvgIpc) is 3.21. The summed E-state index contributed by atoms with van der Waals surface area (Å²) in [5.74, 6) is 0.445. The Morgan fingerprint density at radius 1 is 1.50 bits per heavy atom. The Morgan fingerprint density at radius 2 is 2.25 bits per heavy atom. The minimum absolute atomic E-state index is 0.0796. The van der Waals surface area contributed by atoms with E-state index in [4.69, 9.17) is 4.74 Å². The Labute approximate surface area is 119 Å². The topological polar surface area (TPSA) is 49.8 Å². The van der Waals surface area contributed by atoms with Crippen LogP contribution in [0.1, 0.15) is 25.3 Å². The molecule has 1 N–H and O–H groups in total. The Balaban J connectivity index is 1.50. The van der Waals surface area contributed by atoms with Gasteiger partial charge in [-0.3, -0.25) is 0 Å². The van der Waals surface area contributed by atoms with Crippen LogP contribution >= 0.6 is 0 Å². The van der Waals surface area contributed by atoms with Gasteiger partial charge in [-0.05, 0) is 31.2 Å². The maximum Gasteiger partial charge on any atom is 0.410 e. The molecule has 0 radical (unpaired) electrons. The number of hydrogen-bond donors (Lipinski definition) is 1. The maximum absolute atomic E-state index is 12.1. The van der Waals surface area contributed by atoms with E-state index >= 15 is 0 Å². The van der Waals surface area contributed by atoms with Crippen molar-refractivity contribution in [3.63, 3.8) is 0 Å². The number of hydrogen-bond acceptors (Lipinski definition) is 3. The molecule has 1 saturated carbocycles. The highest BCUT2D eigenvalue weighted by Crippen LogP contribution is 2.60. The van der Waals surface area contributed by atoms with Gasteiger partial charge in [0.15, 0.2) is 0 Å². The summed E-state index contributed by atoms with van der Waals surface area (Å²) in [5.41, 5.74) is 1.08. The second-order valence-electron chi connectivity index (χ2n) is 6.05. The normalized spacial score (nSPS) is 29.5.